The molecule has 1 atom stereocenters. The van der Waals surface area contributed by atoms with Crippen molar-refractivity contribution < 1.29 is 4.74 Å². The Kier molecular flexibility index (Phi) is 2.71. The third-order valence-electron chi connectivity index (χ3n) is 2.40. The summed E-state index contributed by atoms with van der Waals surface area (Å²) < 4.78 is 5.50. The third-order valence-corrected chi connectivity index (χ3v) is 2.90. The average molecular weight is 229 g/mol. The number of allylic oxidation sites excluding steroid dienone is 1. The van der Waals surface area contributed by atoms with Crippen molar-refractivity contribution in [1.29, 1.82) is 0 Å². The first kappa shape index (κ1) is 9.88. The van der Waals surface area contributed by atoms with Crippen LogP contribution < -0.4 is 4.74 Å². The SMILES string of the molecule is C=CC1CCOc2c(Cl)cc(Cl)cc21. The van der Waals surface area contributed by atoms with E-state index >= 15 is 0 Å². The van der Waals surface area contributed by atoms with Gasteiger partial charge in [-0.25, -0.2) is 0 Å². The molecule has 1 unspecified atom stereocenters. The number of halogens is 2. The molecule has 1 aliphatic heterocycles. The Morgan fingerprint density at radius 2 is 2.21 bits per heavy atom. The van der Waals surface area contributed by atoms with E-state index in [1.54, 1.807) is 6.07 Å². The molecule has 1 aliphatic rings. The summed E-state index contributed by atoms with van der Waals surface area (Å²) in [4.78, 5) is 0. The van der Waals surface area contributed by atoms with Crippen LogP contribution in [0.4, 0.5) is 0 Å². The van der Waals surface area contributed by atoms with E-state index in [1.165, 1.54) is 0 Å². The van der Waals surface area contributed by atoms with Gasteiger partial charge in [0.05, 0.1) is 11.6 Å². The highest BCUT2D eigenvalue weighted by Gasteiger charge is 2.21. The number of rotatable bonds is 1. The summed E-state index contributed by atoms with van der Waals surface area (Å²) in [6.07, 6.45) is 2.85. The van der Waals surface area contributed by atoms with Gasteiger partial charge in [-0.3, -0.25) is 0 Å². The summed E-state index contributed by atoms with van der Waals surface area (Å²) in [5.41, 5.74) is 1.05. The fourth-order valence-electron chi connectivity index (χ4n) is 1.70. The second-order valence-electron chi connectivity index (χ2n) is 3.29. The van der Waals surface area contributed by atoms with Crippen LogP contribution in [-0.2, 0) is 0 Å². The first-order valence-electron chi connectivity index (χ1n) is 4.46. The Hall–Kier alpha value is -0.660. The van der Waals surface area contributed by atoms with E-state index in [4.69, 9.17) is 27.9 Å². The van der Waals surface area contributed by atoms with Crippen LogP contribution in [-0.4, -0.2) is 6.61 Å². The quantitative estimate of drug-likeness (QED) is 0.660. The minimum atomic E-state index is 0.301. The van der Waals surface area contributed by atoms with E-state index in [0.29, 0.717) is 22.6 Å². The van der Waals surface area contributed by atoms with Crippen molar-refractivity contribution >= 4 is 23.2 Å². The standard InChI is InChI=1S/C11H10Cl2O/c1-2-7-3-4-14-11-9(7)5-8(12)6-10(11)13/h2,5-7H,1,3-4H2. The predicted octanol–water partition coefficient (Wildman–Crippen LogP) is 4.05. The fourth-order valence-corrected chi connectivity index (χ4v) is 2.26. The largest absolute Gasteiger partial charge is 0.492 e. The summed E-state index contributed by atoms with van der Waals surface area (Å²) >= 11 is 12.0. The van der Waals surface area contributed by atoms with Gasteiger partial charge in [-0.1, -0.05) is 29.3 Å². The molecule has 0 spiro atoms. The molecule has 0 aromatic heterocycles. The fraction of sp³-hybridized carbons (Fsp3) is 0.273. The molecular weight excluding hydrogens is 219 g/mol. The molecule has 3 heteroatoms. The van der Waals surface area contributed by atoms with Gasteiger partial charge in [0.25, 0.3) is 0 Å². The number of hydrogen-bond acceptors (Lipinski definition) is 1. The zero-order chi connectivity index (χ0) is 10.1. The lowest BCUT2D eigenvalue weighted by molar-refractivity contribution is 0.279. The van der Waals surface area contributed by atoms with Crippen LogP contribution >= 0.6 is 23.2 Å². The summed E-state index contributed by atoms with van der Waals surface area (Å²) in [6.45, 7) is 4.49. The molecule has 0 bridgehead atoms. The molecule has 14 heavy (non-hydrogen) atoms. The lowest BCUT2D eigenvalue weighted by atomic mass is 9.93. The highest BCUT2D eigenvalue weighted by molar-refractivity contribution is 6.35. The third kappa shape index (κ3) is 1.62. The normalized spacial score (nSPS) is 19.7. The lowest BCUT2D eigenvalue weighted by Crippen LogP contribution is -2.12. The molecule has 0 N–H and O–H groups in total. The Bertz CT molecular complexity index is 374. The van der Waals surface area contributed by atoms with Gasteiger partial charge in [-0.2, -0.15) is 0 Å². The van der Waals surface area contributed by atoms with E-state index in [-0.39, 0.29) is 0 Å². The Morgan fingerprint density at radius 1 is 1.43 bits per heavy atom. The molecule has 0 saturated heterocycles. The minimum absolute atomic E-state index is 0.301. The number of hydrogen-bond donors (Lipinski definition) is 0. The maximum absolute atomic E-state index is 6.03. The zero-order valence-corrected chi connectivity index (χ0v) is 9.11. The van der Waals surface area contributed by atoms with Crippen molar-refractivity contribution in [1.82, 2.24) is 0 Å². The molecule has 1 heterocycles. The van der Waals surface area contributed by atoms with Crippen LogP contribution in [0.2, 0.25) is 10.0 Å². The van der Waals surface area contributed by atoms with Crippen LogP contribution in [0, 0.1) is 0 Å². The van der Waals surface area contributed by atoms with Crippen LogP contribution in [0.3, 0.4) is 0 Å². The Balaban J connectivity index is 2.56. The van der Waals surface area contributed by atoms with Gasteiger partial charge in [0, 0.05) is 16.5 Å². The number of ether oxygens (including phenoxy) is 1. The van der Waals surface area contributed by atoms with E-state index in [0.717, 1.165) is 17.7 Å². The van der Waals surface area contributed by atoms with Crippen molar-refractivity contribution in [2.75, 3.05) is 6.61 Å². The molecule has 0 amide bonds. The van der Waals surface area contributed by atoms with Crippen molar-refractivity contribution in [3.63, 3.8) is 0 Å². The first-order valence-corrected chi connectivity index (χ1v) is 5.22. The number of benzene rings is 1. The Morgan fingerprint density at radius 3 is 2.93 bits per heavy atom. The van der Waals surface area contributed by atoms with Gasteiger partial charge in [-0.15, -0.1) is 6.58 Å². The van der Waals surface area contributed by atoms with Crippen LogP contribution in [0.15, 0.2) is 24.8 Å². The van der Waals surface area contributed by atoms with Crippen LogP contribution in [0.25, 0.3) is 0 Å². The molecule has 1 aromatic carbocycles. The van der Waals surface area contributed by atoms with E-state index < -0.39 is 0 Å². The van der Waals surface area contributed by atoms with E-state index in [1.807, 2.05) is 12.1 Å². The monoisotopic (exact) mass is 228 g/mol. The second kappa shape index (κ2) is 3.84. The van der Waals surface area contributed by atoms with E-state index in [2.05, 4.69) is 6.58 Å². The summed E-state index contributed by atoms with van der Waals surface area (Å²) in [5, 5.41) is 1.23. The maximum atomic E-state index is 6.03. The zero-order valence-electron chi connectivity index (χ0n) is 7.59. The number of fused-ring (bicyclic) bond motifs is 1. The second-order valence-corrected chi connectivity index (χ2v) is 4.13. The maximum Gasteiger partial charge on any atom is 0.141 e. The van der Waals surface area contributed by atoms with Gasteiger partial charge in [0.2, 0.25) is 0 Å². The van der Waals surface area contributed by atoms with Crippen molar-refractivity contribution in [3.8, 4) is 5.75 Å². The molecule has 0 aliphatic carbocycles. The molecule has 0 saturated carbocycles. The molecule has 0 radical (unpaired) electrons. The highest BCUT2D eigenvalue weighted by Crippen LogP contribution is 2.41. The molecule has 2 rings (SSSR count). The Labute approximate surface area is 93.3 Å². The summed E-state index contributed by atoms with van der Waals surface area (Å²) in [6, 6.07) is 3.60. The topological polar surface area (TPSA) is 9.23 Å². The summed E-state index contributed by atoms with van der Waals surface area (Å²) in [5.74, 6) is 1.06. The van der Waals surface area contributed by atoms with E-state index in [9.17, 15) is 0 Å². The minimum Gasteiger partial charge on any atom is -0.492 e. The van der Waals surface area contributed by atoms with Crippen molar-refractivity contribution in [2.24, 2.45) is 0 Å². The lowest BCUT2D eigenvalue weighted by Gasteiger charge is -2.24. The summed E-state index contributed by atoms with van der Waals surface area (Å²) in [7, 11) is 0. The smallest absolute Gasteiger partial charge is 0.141 e. The predicted molar refractivity (Wildman–Crippen MR) is 59.5 cm³/mol. The first-order chi connectivity index (χ1) is 6.72. The highest BCUT2D eigenvalue weighted by atomic mass is 35.5. The molecule has 1 nitrogen and oxygen atoms in total. The van der Waals surface area contributed by atoms with Crippen LogP contribution in [0.1, 0.15) is 17.9 Å². The van der Waals surface area contributed by atoms with Gasteiger partial charge in [0.1, 0.15) is 5.75 Å². The van der Waals surface area contributed by atoms with Gasteiger partial charge in [-0.05, 0) is 18.6 Å². The van der Waals surface area contributed by atoms with Gasteiger partial charge < -0.3 is 4.74 Å². The van der Waals surface area contributed by atoms with Crippen molar-refractivity contribution in [3.05, 3.63) is 40.4 Å². The van der Waals surface area contributed by atoms with Crippen LogP contribution in [0.5, 0.6) is 5.75 Å². The molecule has 74 valence electrons. The molecular formula is C11H10Cl2O. The van der Waals surface area contributed by atoms with Crippen molar-refractivity contribution in [2.45, 2.75) is 12.3 Å². The molecule has 0 fully saturated rings. The molecule has 1 aromatic rings. The average Bonchev–Trinajstić information content (AvgIpc) is 2.17. The van der Waals surface area contributed by atoms with Gasteiger partial charge in [0.15, 0.2) is 0 Å². The van der Waals surface area contributed by atoms with Gasteiger partial charge >= 0.3 is 0 Å².